The molecule has 0 saturated heterocycles. The molecule has 0 N–H and O–H groups in total. The van der Waals surface area contributed by atoms with Gasteiger partial charge < -0.3 is 13.3 Å². The Hall–Kier alpha value is -9.33. The summed E-state index contributed by atoms with van der Waals surface area (Å²) in [6.45, 7) is 10.2. The number of fused-ring (bicyclic) bond motifs is 16. The lowest BCUT2D eigenvalue weighted by Crippen LogP contribution is -2.07. The predicted molar refractivity (Wildman–Crippen MR) is 295 cm³/mol. The standard InChI is InChI=1S/C59H32N4O3.C3H8.C2H4/c1-3-12-38-33(10-1)23-28-47-54(38)46-17-9-16-40(35-20-27-45-53(30-35)66-50-29-24-34-11-2-4-13-39(34)55(45)50)56(46)63(47)59-61-57(36-21-25-43-41-14-5-7-18-48(41)64-51(43)31-36)60-58(62-59)37-22-26-44-42-15-6-8-19-49(42)65-52(44)32-37;1-3-2;1-2/h1-32H;3H2,1-2H3;1-2H2. The van der Waals surface area contributed by atoms with Crippen LogP contribution in [0.1, 0.15) is 20.3 Å². The Morgan fingerprint density at radius 3 is 1.48 bits per heavy atom. The number of hydrogen-bond donors (Lipinski definition) is 0. The number of hydrogen-bond acceptors (Lipinski definition) is 6. The first-order valence-corrected chi connectivity index (χ1v) is 24.0. The maximum atomic E-state index is 6.64. The quantitative estimate of drug-likeness (QED) is 0.164. The Balaban J connectivity index is 0.000000951. The fraction of sp³-hybridized carbons (Fsp3) is 0.0469. The fourth-order valence-corrected chi connectivity index (χ4v) is 10.4. The van der Waals surface area contributed by atoms with Gasteiger partial charge in [-0.05, 0) is 87.8 Å². The van der Waals surface area contributed by atoms with Gasteiger partial charge >= 0.3 is 0 Å². The molecule has 10 aromatic carbocycles. The van der Waals surface area contributed by atoms with Crippen LogP contribution >= 0.6 is 0 Å². The topological polar surface area (TPSA) is 83.0 Å². The van der Waals surface area contributed by atoms with Crippen LogP contribution < -0.4 is 0 Å². The van der Waals surface area contributed by atoms with Crippen molar-refractivity contribution in [1.82, 2.24) is 19.5 Å². The Morgan fingerprint density at radius 1 is 0.380 bits per heavy atom. The number of furan rings is 3. The van der Waals surface area contributed by atoms with E-state index < -0.39 is 0 Å². The van der Waals surface area contributed by atoms with Crippen molar-refractivity contribution in [2.45, 2.75) is 20.3 Å². The Morgan fingerprint density at radius 2 is 0.845 bits per heavy atom. The molecule has 5 aromatic heterocycles. The minimum absolute atomic E-state index is 0.489. The summed E-state index contributed by atoms with van der Waals surface area (Å²) in [4.78, 5) is 16.1. The molecule has 5 heterocycles. The van der Waals surface area contributed by atoms with Gasteiger partial charge in [0.05, 0.1) is 11.0 Å². The van der Waals surface area contributed by atoms with Gasteiger partial charge in [0, 0.05) is 59.8 Å². The van der Waals surface area contributed by atoms with Crippen LogP contribution in [0.25, 0.3) is 149 Å². The van der Waals surface area contributed by atoms with E-state index in [1.165, 1.54) is 17.2 Å². The van der Waals surface area contributed by atoms with E-state index in [1.54, 1.807) is 0 Å². The van der Waals surface area contributed by atoms with Crippen LogP contribution in [0.5, 0.6) is 0 Å². The molecule has 0 atom stereocenters. The molecule has 7 heteroatoms. The molecule has 71 heavy (non-hydrogen) atoms. The summed E-state index contributed by atoms with van der Waals surface area (Å²) >= 11 is 0. The summed E-state index contributed by atoms with van der Waals surface area (Å²) in [5.41, 5.74) is 10.5. The Labute approximate surface area is 407 Å². The summed E-state index contributed by atoms with van der Waals surface area (Å²) in [7, 11) is 0. The first-order valence-electron chi connectivity index (χ1n) is 24.0. The van der Waals surface area contributed by atoms with Crippen molar-refractivity contribution >= 4 is 109 Å². The average molecular weight is 917 g/mol. The highest BCUT2D eigenvalue weighted by Gasteiger charge is 2.23. The van der Waals surface area contributed by atoms with E-state index in [-0.39, 0.29) is 0 Å². The minimum Gasteiger partial charge on any atom is -0.456 e. The summed E-state index contributed by atoms with van der Waals surface area (Å²) in [5.74, 6) is 1.53. The number of para-hydroxylation sites is 3. The van der Waals surface area contributed by atoms with E-state index in [4.69, 9.17) is 28.2 Å². The van der Waals surface area contributed by atoms with E-state index in [0.717, 1.165) is 121 Å². The van der Waals surface area contributed by atoms with E-state index in [9.17, 15) is 0 Å². The van der Waals surface area contributed by atoms with Gasteiger partial charge in [-0.25, -0.2) is 4.98 Å². The third kappa shape index (κ3) is 6.62. The van der Waals surface area contributed by atoms with Crippen molar-refractivity contribution in [3.05, 3.63) is 207 Å². The summed E-state index contributed by atoms with van der Waals surface area (Å²) in [5, 5.41) is 13.3. The van der Waals surface area contributed by atoms with Crippen LogP contribution in [-0.2, 0) is 0 Å². The van der Waals surface area contributed by atoms with E-state index in [0.29, 0.717) is 17.6 Å². The SMILES string of the molecule is C=C.CCC.c1ccc2c(c1)ccc1oc3cc(-c4cccc5c6c7ccccc7ccc6n(-c6nc(-c7ccc8c(c7)oc7ccccc78)nc(-c7ccc8c(c7)oc7ccccc78)n6)c45)ccc3c12. The molecule has 0 radical (unpaired) electrons. The van der Waals surface area contributed by atoms with E-state index >= 15 is 0 Å². The fourth-order valence-electron chi connectivity index (χ4n) is 10.4. The minimum atomic E-state index is 0.489. The monoisotopic (exact) mass is 916 g/mol. The molecule has 0 saturated carbocycles. The molecule has 15 rings (SSSR count). The second-order valence-corrected chi connectivity index (χ2v) is 17.8. The van der Waals surface area contributed by atoms with Crippen LogP contribution in [0.15, 0.2) is 221 Å². The van der Waals surface area contributed by atoms with Gasteiger partial charge in [-0.15, -0.1) is 13.2 Å². The number of nitrogens with zero attached hydrogens (tertiary/aromatic N) is 4. The normalized spacial score (nSPS) is 11.7. The molecule has 0 unspecified atom stereocenters. The first-order chi connectivity index (χ1) is 35.1. The van der Waals surface area contributed by atoms with Crippen LogP contribution in [0, 0.1) is 0 Å². The van der Waals surface area contributed by atoms with Gasteiger partial charge in [-0.3, -0.25) is 4.57 Å². The zero-order valence-corrected chi connectivity index (χ0v) is 39.1. The summed E-state index contributed by atoms with van der Waals surface area (Å²) in [6.07, 6.45) is 1.25. The number of rotatable bonds is 4. The highest BCUT2D eigenvalue weighted by Crippen LogP contribution is 2.44. The third-order valence-electron chi connectivity index (χ3n) is 13.4. The van der Waals surface area contributed by atoms with E-state index in [1.807, 2.05) is 48.5 Å². The molecular formula is C64H44N4O3. The lowest BCUT2D eigenvalue weighted by atomic mass is 9.98. The molecule has 0 aliphatic carbocycles. The van der Waals surface area contributed by atoms with Gasteiger partial charge in [0.1, 0.15) is 33.5 Å². The first kappa shape index (κ1) is 41.8. The maximum Gasteiger partial charge on any atom is 0.238 e. The molecule has 0 aliphatic rings. The van der Waals surface area contributed by atoms with Crippen molar-refractivity contribution in [1.29, 1.82) is 0 Å². The van der Waals surface area contributed by atoms with Gasteiger partial charge in [-0.1, -0.05) is 154 Å². The largest absolute Gasteiger partial charge is 0.456 e. The van der Waals surface area contributed by atoms with Crippen molar-refractivity contribution in [3.8, 4) is 39.9 Å². The molecule has 0 amide bonds. The Kier molecular flexibility index (Phi) is 9.85. The molecule has 7 nitrogen and oxygen atoms in total. The number of benzene rings is 10. The predicted octanol–water partition coefficient (Wildman–Crippen LogP) is 18.2. The maximum absolute atomic E-state index is 6.64. The second-order valence-electron chi connectivity index (χ2n) is 17.8. The third-order valence-corrected chi connectivity index (χ3v) is 13.4. The van der Waals surface area contributed by atoms with Gasteiger partial charge in [-0.2, -0.15) is 9.97 Å². The Bertz CT molecular complexity index is 4460. The van der Waals surface area contributed by atoms with Gasteiger partial charge in [0.15, 0.2) is 11.6 Å². The highest BCUT2D eigenvalue weighted by atomic mass is 16.3. The lowest BCUT2D eigenvalue weighted by molar-refractivity contribution is 0.668. The molecular weight excluding hydrogens is 873 g/mol. The summed E-state index contributed by atoms with van der Waals surface area (Å²) < 4.78 is 21.7. The van der Waals surface area contributed by atoms with Crippen molar-refractivity contribution in [2.24, 2.45) is 0 Å². The van der Waals surface area contributed by atoms with Gasteiger partial charge in [0.2, 0.25) is 5.95 Å². The molecule has 0 aliphatic heterocycles. The zero-order valence-electron chi connectivity index (χ0n) is 39.1. The average Bonchev–Trinajstić information content (AvgIpc) is 4.20. The van der Waals surface area contributed by atoms with Crippen LogP contribution in [-0.4, -0.2) is 19.5 Å². The van der Waals surface area contributed by atoms with Crippen molar-refractivity contribution in [2.75, 3.05) is 0 Å². The lowest BCUT2D eigenvalue weighted by Gasteiger charge is -2.13. The van der Waals surface area contributed by atoms with Crippen molar-refractivity contribution < 1.29 is 13.3 Å². The molecule has 15 aromatic rings. The second kappa shape index (κ2) is 16.7. The molecule has 338 valence electrons. The smallest absolute Gasteiger partial charge is 0.238 e. The van der Waals surface area contributed by atoms with Crippen LogP contribution in [0.2, 0.25) is 0 Å². The van der Waals surface area contributed by atoms with Crippen LogP contribution in [0.4, 0.5) is 0 Å². The number of aromatic nitrogens is 4. The molecule has 0 bridgehead atoms. The highest BCUT2D eigenvalue weighted by molar-refractivity contribution is 6.24. The van der Waals surface area contributed by atoms with Crippen LogP contribution in [0.3, 0.4) is 0 Å². The zero-order chi connectivity index (χ0) is 47.7. The molecule has 0 spiro atoms. The van der Waals surface area contributed by atoms with E-state index in [2.05, 4.69) is 177 Å². The van der Waals surface area contributed by atoms with Crippen molar-refractivity contribution in [3.63, 3.8) is 0 Å². The van der Waals surface area contributed by atoms with Gasteiger partial charge in [0.25, 0.3) is 0 Å². The summed E-state index contributed by atoms with van der Waals surface area (Å²) in [6, 6.07) is 67.4. The molecule has 0 fully saturated rings.